The fourth-order valence-electron chi connectivity index (χ4n) is 1.72. The molecule has 1 N–H and O–H groups in total. The molecule has 2 aromatic carbocycles. The highest BCUT2D eigenvalue weighted by Gasteiger charge is 2.15. The molecule has 0 heterocycles. The molecule has 104 valence electrons. The van der Waals surface area contributed by atoms with Gasteiger partial charge in [0.05, 0.1) is 4.90 Å². The largest absolute Gasteiger partial charge is 0.295 e. The Balaban J connectivity index is 2.33. The molecule has 0 saturated heterocycles. The molecule has 0 spiro atoms. The monoisotopic (exact) mass is 289 g/mol. The van der Waals surface area contributed by atoms with Crippen molar-refractivity contribution in [3.8, 4) is 0 Å². The van der Waals surface area contributed by atoms with E-state index >= 15 is 0 Å². The van der Waals surface area contributed by atoms with Crippen LogP contribution >= 0.6 is 0 Å². The summed E-state index contributed by atoms with van der Waals surface area (Å²) in [5.74, 6) is -0.169. The van der Waals surface area contributed by atoms with E-state index in [-0.39, 0.29) is 10.7 Å². The zero-order valence-electron chi connectivity index (χ0n) is 11.3. The number of ketones is 1. The average Bonchev–Trinajstić information content (AvgIpc) is 2.41. The Bertz CT molecular complexity index is 734. The number of anilines is 1. The molecule has 0 unspecified atom stereocenters. The summed E-state index contributed by atoms with van der Waals surface area (Å²) in [5.41, 5.74) is 1.91. The van der Waals surface area contributed by atoms with Crippen molar-refractivity contribution in [1.29, 1.82) is 0 Å². The summed E-state index contributed by atoms with van der Waals surface area (Å²) < 4.78 is 27.0. The molecule has 4 nitrogen and oxygen atoms in total. The van der Waals surface area contributed by atoms with Crippen molar-refractivity contribution in [3.05, 3.63) is 59.7 Å². The summed E-state index contributed by atoms with van der Waals surface area (Å²) in [7, 11) is -3.68. The number of hydrogen-bond acceptors (Lipinski definition) is 3. The van der Waals surface area contributed by atoms with E-state index < -0.39 is 10.0 Å². The number of rotatable bonds is 4. The van der Waals surface area contributed by atoms with Gasteiger partial charge in [0.15, 0.2) is 5.78 Å². The van der Waals surface area contributed by atoms with Crippen molar-refractivity contribution in [2.45, 2.75) is 18.7 Å². The molecule has 2 aromatic rings. The van der Waals surface area contributed by atoms with Crippen LogP contribution in [0.4, 0.5) is 5.69 Å². The standard InChI is InChI=1S/C15H15NO3S/c1-11-6-8-14(9-7-11)16-20(18,19)15-5-3-4-13(10-15)12(2)17/h3-10,16H,1-2H3. The van der Waals surface area contributed by atoms with Crippen LogP contribution < -0.4 is 4.72 Å². The first kappa shape index (κ1) is 14.3. The number of aryl methyl sites for hydroxylation is 1. The first-order valence-electron chi connectivity index (χ1n) is 6.09. The number of sulfonamides is 1. The molecule has 0 saturated carbocycles. The van der Waals surface area contributed by atoms with Crippen molar-refractivity contribution in [3.63, 3.8) is 0 Å². The second-order valence-corrected chi connectivity index (χ2v) is 6.24. The van der Waals surface area contributed by atoms with E-state index in [0.717, 1.165) is 5.56 Å². The summed E-state index contributed by atoms with van der Waals surface area (Å²) in [6.45, 7) is 3.33. The van der Waals surface area contributed by atoms with Crippen molar-refractivity contribution in [2.75, 3.05) is 4.72 Å². The van der Waals surface area contributed by atoms with E-state index in [0.29, 0.717) is 11.3 Å². The topological polar surface area (TPSA) is 63.2 Å². The minimum atomic E-state index is -3.68. The third-order valence-electron chi connectivity index (χ3n) is 2.85. The van der Waals surface area contributed by atoms with Gasteiger partial charge in [0.25, 0.3) is 10.0 Å². The second kappa shape index (κ2) is 5.46. The van der Waals surface area contributed by atoms with Gasteiger partial charge in [-0.15, -0.1) is 0 Å². The Hall–Kier alpha value is -2.14. The Morgan fingerprint density at radius 3 is 2.30 bits per heavy atom. The van der Waals surface area contributed by atoms with Crippen molar-refractivity contribution >= 4 is 21.5 Å². The molecule has 0 fully saturated rings. The van der Waals surface area contributed by atoms with Crippen LogP contribution in [-0.2, 0) is 10.0 Å². The van der Waals surface area contributed by atoms with Crippen LogP contribution in [0, 0.1) is 6.92 Å². The number of benzene rings is 2. The molecule has 0 radical (unpaired) electrons. The molecular formula is C15H15NO3S. The fourth-order valence-corrected chi connectivity index (χ4v) is 2.82. The van der Waals surface area contributed by atoms with Crippen molar-refractivity contribution in [2.24, 2.45) is 0 Å². The minimum Gasteiger partial charge on any atom is -0.295 e. The molecule has 20 heavy (non-hydrogen) atoms. The summed E-state index contributed by atoms with van der Waals surface area (Å²) in [4.78, 5) is 11.4. The van der Waals surface area contributed by atoms with Crippen molar-refractivity contribution < 1.29 is 13.2 Å². The van der Waals surface area contributed by atoms with Crippen LogP contribution in [0.15, 0.2) is 53.4 Å². The molecule has 0 aliphatic carbocycles. The smallest absolute Gasteiger partial charge is 0.261 e. The van der Waals surface area contributed by atoms with Gasteiger partial charge >= 0.3 is 0 Å². The lowest BCUT2D eigenvalue weighted by atomic mass is 10.2. The van der Waals surface area contributed by atoms with E-state index in [1.807, 2.05) is 19.1 Å². The second-order valence-electron chi connectivity index (χ2n) is 4.56. The quantitative estimate of drug-likeness (QED) is 0.880. The molecular weight excluding hydrogens is 274 g/mol. The van der Waals surface area contributed by atoms with E-state index in [1.54, 1.807) is 24.3 Å². The summed E-state index contributed by atoms with van der Waals surface area (Å²) in [6.07, 6.45) is 0. The van der Waals surface area contributed by atoms with Gasteiger partial charge < -0.3 is 0 Å². The predicted octanol–water partition coefficient (Wildman–Crippen LogP) is 3.00. The summed E-state index contributed by atoms with van der Waals surface area (Å²) in [6, 6.07) is 13.0. The molecule has 2 rings (SSSR count). The summed E-state index contributed by atoms with van der Waals surface area (Å²) >= 11 is 0. The highest BCUT2D eigenvalue weighted by molar-refractivity contribution is 7.92. The Labute approximate surface area is 118 Å². The predicted molar refractivity (Wildman–Crippen MR) is 78.4 cm³/mol. The normalized spacial score (nSPS) is 11.1. The van der Waals surface area contributed by atoms with Crippen molar-refractivity contribution in [1.82, 2.24) is 0 Å². The van der Waals surface area contributed by atoms with E-state index in [1.165, 1.54) is 19.1 Å². The molecule has 0 bridgehead atoms. The van der Waals surface area contributed by atoms with Crippen LogP contribution in [-0.4, -0.2) is 14.2 Å². The maximum Gasteiger partial charge on any atom is 0.261 e. The van der Waals surface area contributed by atoms with Gasteiger partial charge in [0, 0.05) is 11.3 Å². The fraction of sp³-hybridized carbons (Fsp3) is 0.133. The zero-order chi connectivity index (χ0) is 14.8. The molecule has 0 aromatic heterocycles. The van der Waals surface area contributed by atoms with Crippen LogP contribution in [0.25, 0.3) is 0 Å². The van der Waals surface area contributed by atoms with Gasteiger partial charge in [-0.25, -0.2) is 8.42 Å². The first-order valence-corrected chi connectivity index (χ1v) is 7.57. The van der Waals surface area contributed by atoms with E-state index in [2.05, 4.69) is 4.72 Å². The SMILES string of the molecule is CC(=O)c1cccc(S(=O)(=O)Nc2ccc(C)cc2)c1. The van der Waals surface area contributed by atoms with E-state index in [9.17, 15) is 13.2 Å². The number of nitrogens with one attached hydrogen (secondary N) is 1. The van der Waals surface area contributed by atoms with Crippen LogP contribution in [0.3, 0.4) is 0 Å². The zero-order valence-corrected chi connectivity index (χ0v) is 12.1. The van der Waals surface area contributed by atoms with Crippen LogP contribution in [0.5, 0.6) is 0 Å². The number of hydrogen-bond donors (Lipinski definition) is 1. The number of Topliss-reactive ketones (excluding diaryl/α,β-unsaturated/α-hetero) is 1. The number of carbonyl (C=O) groups excluding carboxylic acids is 1. The molecule has 0 aliphatic rings. The van der Waals surface area contributed by atoms with Crippen LogP contribution in [0.2, 0.25) is 0 Å². The molecule has 0 atom stereocenters. The lowest BCUT2D eigenvalue weighted by molar-refractivity contribution is 0.101. The number of carbonyl (C=O) groups is 1. The van der Waals surface area contributed by atoms with Gasteiger partial charge in [-0.05, 0) is 38.1 Å². The molecule has 0 amide bonds. The van der Waals surface area contributed by atoms with Crippen LogP contribution in [0.1, 0.15) is 22.8 Å². The minimum absolute atomic E-state index is 0.0748. The lowest BCUT2D eigenvalue weighted by Crippen LogP contribution is -2.13. The highest BCUT2D eigenvalue weighted by Crippen LogP contribution is 2.17. The molecule has 0 aliphatic heterocycles. The third kappa shape index (κ3) is 3.24. The van der Waals surface area contributed by atoms with Gasteiger partial charge in [-0.1, -0.05) is 29.8 Å². The van der Waals surface area contributed by atoms with Gasteiger partial charge in [0.2, 0.25) is 0 Å². The summed E-state index contributed by atoms with van der Waals surface area (Å²) in [5, 5.41) is 0. The van der Waals surface area contributed by atoms with Gasteiger partial charge in [-0.2, -0.15) is 0 Å². The first-order chi connectivity index (χ1) is 9.38. The van der Waals surface area contributed by atoms with Gasteiger partial charge in [-0.3, -0.25) is 9.52 Å². The maximum absolute atomic E-state index is 12.2. The Kier molecular flexibility index (Phi) is 3.90. The van der Waals surface area contributed by atoms with E-state index in [4.69, 9.17) is 0 Å². The Morgan fingerprint density at radius 1 is 1.05 bits per heavy atom. The lowest BCUT2D eigenvalue weighted by Gasteiger charge is -2.09. The molecule has 5 heteroatoms. The average molecular weight is 289 g/mol. The highest BCUT2D eigenvalue weighted by atomic mass is 32.2. The Morgan fingerprint density at radius 2 is 1.70 bits per heavy atom. The maximum atomic E-state index is 12.2. The van der Waals surface area contributed by atoms with Gasteiger partial charge in [0.1, 0.15) is 0 Å². The third-order valence-corrected chi connectivity index (χ3v) is 4.23.